The minimum atomic E-state index is 0. The van der Waals surface area contributed by atoms with Crippen LogP contribution >= 0.6 is 0 Å². The molecular formula is C16H15Zr-. The molecule has 2 aromatic carbocycles. The first-order valence-electron chi connectivity index (χ1n) is 6.01. The van der Waals surface area contributed by atoms with Crippen molar-refractivity contribution >= 4 is 0 Å². The van der Waals surface area contributed by atoms with E-state index >= 15 is 0 Å². The van der Waals surface area contributed by atoms with Crippen molar-refractivity contribution in [1.29, 1.82) is 0 Å². The predicted octanol–water partition coefficient (Wildman–Crippen LogP) is 4.01. The van der Waals surface area contributed by atoms with E-state index in [4.69, 9.17) is 0 Å². The van der Waals surface area contributed by atoms with Crippen molar-refractivity contribution in [3.8, 4) is 11.1 Å². The van der Waals surface area contributed by atoms with E-state index in [0.29, 0.717) is 0 Å². The maximum absolute atomic E-state index is 3.57. The Kier molecular flexibility index (Phi) is 3.99. The fourth-order valence-electron chi connectivity index (χ4n) is 2.52. The monoisotopic (exact) mass is 297 g/mol. The van der Waals surface area contributed by atoms with Gasteiger partial charge in [-0.2, -0.15) is 23.8 Å². The van der Waals surface area contributed by atoms with E-state index in [9.17, 15) is 0 Å². The van der Waals surface area contributed by atoms with Crippen LogP contribution < -0.4 is 0 Å². The zero-order valence-corrected chi connectivity index (χ0v) is 12.5. The molecule has 0 unspecified atom stereocenters. The van der Waals surface area contributed by atoms with Gasteiger partial charge in [0.05, 0.1) is 0 Å². The molecule has 0 saturated carbocycles. The Bertz CT molecular complexity index is 529. The van der Waals surface area contributed by atoms with E-state index < -0.39 is 0 Å². The van der Waals surface area contributed by atoms with Crippen molar-refractivity contribution < 1.29 is 26.2 Å². The molecule has 0 aromatic heterocycles. The van der Waals surface area contributed by atoms with Crippen LogP contribution in [0.15, 0.2) is 36.4 Å². The number of rotatable bonds is 2. The Morgan fingerprint density at radius 1 is 1.06 bits per heavy atom. The van der Waals surface area contributed by atoms with Gasteiger partial charge in [0.25, 0.3) is 0 Å². The summed E-state index contributed by atoms with van der Waals surface area (Å²) in [5.41, 5.74) is 6.97. The van der Waals surface area contributed by atoms with Crippen LogP contribution in [0.25, 0.3) is 11.1 Å². The molecule has 3 rings (SSSR count). The fourth-order valence-corrected chi connectivity index (χ4v) is 2.52. The van der Waals surface area contributed by atoms with Crippen molar-refractivity contribution in [2.75, 3.05) is 0 Å². The number of hydrogen-bond donors (Lipinski definition) is 0. The fraction of sp³-hybridized carbons (Fsp3) is 0.250. The van der Waals surface area contributed by atoms with Gasteiger partial charge in [0.1, 0.15) is 0 Å². The first kappa shape index (κ1) is 12.8. The zero-order chi connectivity index (χ0) is 11.0. The summed E-state index contributed by atoms with van der Waals surface area (Å²) in [7, 11) is 0. The van der Waals surface area contributed by atoms with Crippen molar-refractivity contribution in [3.63, 3.8) is 0 Å². The maximum atomic E-state index is 3.57. The molecule has 0 N–H and O–H groups in total. The third-order valence-electron chi connectivity index (χ3n) is 3.28. The Labute approximate surface area is 122 Å². The molecule has 1 aliphatic rings. The van der Waals surface area contributed by atoms with Gasteiger partial charge in [0, 0.05) is 26.2 Å². The van der Waals surface area contributed by atoms with Gasteiger partial charge in [-0.05, 0) is 6.42 Å². The van der Waals surface area contributed by atoms with Crippen LogP contribution in [0.1, 0.15) is 30.0 Å². The molecule has 1 aliphatic carbocycles. The van der Waals surface area contributed by atoms with Crippen LogP contribution in [-0.4, -0.2) is 0 Å². The van der Waals surface area contributed by atoms with Crippen LogP contribution in [-0.2, 0) is 39.0 Å². The molecule has 17 heavy (non-hydrogen) atoms. The Morgan fingerprint density at radius 3 is 2.71 bits per heavy atom. The van der Waals surface area contributed by atoms with Crippen molar-refractivity contribution in [1.82, 2.24) is 0 Å². The molecule has 0 atom stereocenters. The second-order valence-electron chi connectivity index (χ2n) is 4.46. The quantitative estimate of drug-likeness (QED) is 0.627. The molecule has 0 bridgehead atoms. The molecule has 0 spiro atoms. The average Bonchev–Trinajstić information content (AvgIpc) is 2.67. The van der Waals surface area contributed by atoms with Gasteiger partial charge >= 0.3 is 0 Å². The Morgan fingerprint density at radius 2 is 1.88 bits per heavy atom. The summed E-state index contributed by atoms with van der Waals surface area (Å²) in [6.45, 7) is 2.22. The molecule has 0 saturated heterocycles. The molecule has 84 valence electrons. The van der Waals surface area contributed by atoms with Crippen LogP contribution in [0.2, 0.25) is 0 Å². The summed E-state index contributed by atoms with van der Waals surface area (Å²) < 4.78 is 0. The summed E-state index contributed by atoms with van der Waals surface area (Å²) >= 11 is 0. The summed E-state index contributed by atoms with van der Waals surface area (Å²) in [6, 6.07) is 16.7. The van der Waals surface area contributed by atoms with Gasteiger partial charge in [0.2, 0.25) is 0 Å². The van der Waals surface area contributed by atoms with Gasteiger partial charge in [-0.15, -0.1) is 11.1 Å². The van der Waals surface area contributed by atoms with E-state index in [1.807, 2.05) is 0 Å². The summed E-state index contributed by atoms with van der Waals surface area (Å²) in [5.74, 6) is 0. The number of fused-ring (bicyclic) bond motifs is 3. The predicted molar refractivity (Wildman–Crippen MR) is 67.5 cm³/mol. The third-order valence-corrected chi connectivity index (χ3v) is 3.28. The van der Waals surface area contributed by atoms with Crippen LogP contribution in [0, 0.1) is 6.07 Å². The molecule has 0 radical (unpaired) electrons. The summed E-state index contributed by atoms with van der Waals surface area (Å²) in [4.78, 5) is 0. The van der Waals surface area contributed by atoms with E-state index in [0.717, 1.165) is 12.8 Å². The topological polar surface area (TPSA) is 0 Å². The SMILES string of the molecule is CCCc1[c-]c2c(cc1)-c1ccccc1C2.[Zr]. The maximum Gasteiger partial charge on any atom is 0 e. The first-order valence-corrected chi connectivity index (χ1v) is 6.01. The molecule has 0 aliphatic heterocycles. The molecule has 0 fully saturated rings. The molecule has 2 aromatic rings. The molecule has 1 heteroatoms. The molecule has 0 amide bonds. The average molecular weight is 299 g/mol. The van der Waals surface area contributed by atoms with E-state index in [1.54, 1.807) is 0 Å². The Hall–Kier alpha value is -0.677. The van der Waals surface area contributed by atoms with Crippen LogP contribution in [0.3, 0.4) is 0 Å². The second kappa shape index (κ2) is 5.31. The van der Waals surface area contributed by atoms with Gasteiger partial charge in [-0.3, -0.25) is 0 Å². The van der Waals surface area contributed by atoms with E-state index in [-0.39, 0.29) is 26.2 Å². The standard InChI is InChI=1S/C16H15.Zr/c1-2-5-12-8-9-16-14(10-12)11-13-6-3-4-7-15(13)16;/h3-4,6-9H,2,5,11H2,1H3;/q-1;. The second-order valence-corrected chi connectivity index (χ2v) is 4.46. The normalized spacial score (nSPS) is 11.6. The van der Waals surface area contributed by atoms with E-state index in [1.165, 1.54) is 34.2 Å². The smallest absolute Gasteiger partial charge is 0 e. The van der Waals surface area contributed by atoms with Gasteiger partial charge in [-0.25, -0.2) is 0 Å². The molecule has 0 nitrogen and oxygen atoms in total. The van der Waals surface area contributed by atoms with E-state index in [2.05, 4.69) is 49.4 Å². The third kappa shape index (κ3) is 2.31. The van der Waals surface area contributed by atoms with Crippen molar-refractivity contribution in [3.05, 3.63) is 59.2 Å². The van der Waals surface area contributed by atoms with Gasteiger partial charge < -0.3 is 0 Å². The van der Waals surface area contributed by atoms with Crippen LogP contribution in [0.5, 0.6) is 0 Å². The summed E-state index contributed by atoms with van der Waals surface area (Å²) in [5, 5.41) is 0. The number of benzene rings is 2. The zero-order valence-electron chi connectivity index (χ0n) is 10.1. The largest absolute Gasteiger partial charge is 0.176 e. The van der Waals surface area contributed by atoms with Gasteiger partial charge in [-0.1, -0.05) is 55.2 Å². The molecular weight excluding hydrogens is 283 g/mol. The van der Waals surface area contributed by atoms with Crippen molar-refractivity contribution in [2.24, 2.45) is 0 Å². The Balaban J connectivity index is 0.00000108. The van der Waals surface area contributed by atoms with Gasteiger partial charge in [0.15, 0.2) is 0 Å². The van der Waals surface area contributed by atoms with Crippen molar-refractivity contribution in [2.45, 2.75) is 26.2 Å². The minimum Gasteiger partial charge on any atom is -0.176 e. The van der Waals surface area contributed by atoms with Crippen LogP contribution in [0.4, 0.5) is 0 Å². The molecule has 0 heterocycles. The number of aryl methyl sites for hydroxylation is 1. The number of hydrogen-bond acceptors (Lipinski definition) is 0. The minimum absolute atomic E-state index is 0. The summed E-state index contributed by atoms with van der Waals surface area (Å²) in [6.07, 6.45) is 3.40. The first-order chi connectivity index (χ1) is 7.88.